The summed E-state index contributed by atoms with van der Waals surface area (Å²) in [5.74, 6) is 2.22. The van der Waals surface area contributed by atoms with Crippen LogP contribution in [-0.4, -0.2) is 24.8 Å². The van der Waals surface area contributed by atoms with Crippen LogP contribution in [0.3, 0.4) is 0 Å². The normalized spacial score (nSPS) is 11.9. The molecule has 116 valence electrons. The Hall–Kier alpha value is -1.43. The van der Waals surface area contributed by atoms with Crippen molar-refractivity contribution in [2.45, 2.75) is 49.8 Å². The Balaban J connectivity index is 2.69. The molecule has 21 heavy (non-hydrogen) atoms. The number of unbranched alkanes of at least 4 members (excludes halogenated alkanes) is 1. The zero-order valence-corrected chi connectivity index (χ0v) is 13.9. The summed E-state index contributed by atoms with van der Waals surface area (Å²) >= 11 is 0.914. The lowest BCUT2D eigenvalue weighted by Crippen LogP contribution is -2.40. The molecule has 2 N–H and O–H groups in total. The SMILES string of the molecule is C#CCCCC(=O)Nc1ncc(S(=O)(=O)NC(C)(C)C)s1. The van der Waals surface area contributed by atoms with Crippen LogP contribution in [-0.2, 0) is 14.8 Å². The largest absolute Gasteiger partial charge is 0.302 e. The fourth-order valence-electron chi connectivity index (χ4n) is 1.43. The standard InChI is InChI=1S/C13H19N3O3S2/c1-5-6-7-8-10(17)15-12-14-9-11(20-12)21(18,19)16-13(2,3)4/h1,9,16H,6-8H2,2-4H3,(H,14,15,17). The highest BCUT2D eigenvalue weighted by Gasteiger charge is 2.24. The first-order valence-corrected chi connectivity index (χ1v) is 8.67. The third-order valence-corrected chi connectivity index (χ3v) is 5.29. The highest BCUT2D eigenvalue weighted by atomic mass is 32.2. The monoisotopic (exact) mass is 329 g/mol. The first-order valence-electron chi connectivity index (χ1n) is 6.37. The molecular weight excluding hydrogens is 310 g/mol. The second-order valence-corrected chi connectivity index (χ2v) is 8.39. The first-order chi connectivity index (χ1) is 9.64. The van der Waals surface area contributed by atoms with Crippen LogP contribution in [0, 0.1) is 12.3 Å². The zero-order chi connectivity index (χ0) is 16.1. The number of nitrogens with one attached hydrogen (secondary N) is 2. The van der Waals surface area contributed by atoms with Crippen molar-refractivity contribution in [2.24, 2.45) is 0 Å². The molecule has 0 aliphatic carbocycles. The van der Waals surface area contributed by atoms with Gasteiger partial charge in [-0.2, -0.15) is 0 Å². The summed E-state index contributed by atoms with van der Waals surface area (Å²) in [5, 5.41) is 2.82. The van der Waals surface area contributed by atoms with Gasteiger partial charge >= 0.3 is 0 Å². The third-order valence-electron chi connectivity index (χ3n) is 2.16. The van der Waals surface area contributed by atoms with Crippen LogP contribution in [0.25, 0.3) is 0 Å². The topological polar surface area (TPSA) is 88.2 Å². The molecule has 8 heteroatoms. The Kier molecular flexibility index (Phi) is 5.89. The van der Waals surface area contributed by atoms with Gasteiger partial charge in [-0.1, -0.05) is 11.3 Å². The molecule has 0 aromatic carbocycles. The van der Waals surface area contributed by atoms with Crippen molar-refractivity contribution < 1.29 is 13.2 Å². The van der Waals surface area contributed by atoms with E-state index in [9.17, 15) is 13.2 Å². The van der Waals surface area contributed by atoms with Gasteiger partial charge in [-0.3, -0.25) is 4.79 Å². The van der Waals surface area contributed by atoms with Crippen molar-refractivity contribution in [1.82, 2.24) is 9.71 Å². The summed E-state index contributed by atoms with van der Waals surface area (Å²) in [4.78, 5) is 15.5. The summed E-state index contributed by atoms with van der Waals surface area (Å²) in [7, 11) is -3.63. The third kappa shape index (κ3) is 6.25. The van der Waals surface area contributed by atoms with Gasteiger partial charge in [0.25, 0.3) is 10.0 Å². The number of terminal acetylenes is 1. The number of hydrogen-bond donors (Lipinski definition) is 2. The van der Waals surface area contributed by atoms with Gasteiger partial charge in [0.2, 0.25) is 5.91 Å². The molecule has 0 aliphatic heterocycles. The van der Waals surface area contributed by atoms with E-state index in [0.29, 0.717) is 12.8 Å². The molecule has 0 radical (unpaired) electrons. The summed E-state index contributed by atoms with van der Waals surface area (Å²) in [6, 6.07) is 0. The Morgan fingerprint density at radius 2 is 2.14 bits per heavy atom. The highest BCUT2D eigenvalue weighted by molar-refractivity contribution is 7.91. The van der Waals surface area contributed by atoms with Gasteiger partial charge in [-0.05, 0) is 27.2 Å². The molecule has 0 fully saturated rings. The number of sulfonamides is 1. The minimum atomic E-state index is -3.63. The van der Waals surface area contributed by atoms with Gasteiger partial charge in [0.1, 0.15) is 0 Å². The Labute approximate surface area is 129 Å². The van der Waals surface area contributed by atoms with E-state index in [1.54, 1.807) is 20.8 Å². The molecule has 0 spiro atoms. The maximum absolute atomic E-state index is 12.1. The summed E-state index contributed by atoms with van der Waals surface area (Å²) in [6.45, 7) is 5.25. The number of hydrogen-bond acceptors (Lipinski definition) is 5. The summed E-state index contributed by atoms with van der Waals surface area (Å²) < 4.78 is 26.8. The molecule has 0 bridgehead atoms. The van der Waals surface area contributed by atoms with Crippen LogP contribution in [0.5, 0.6) is 0 Å². The molecule has 0 atom stereocenters. The molecule has 1 rings (SSSR count). The van der Waals surface area contributed by atoms with Gasteiger partial charge in [-0.15, -0.1) is 12.3 Å². The number of aromatic nitrogens is 1. The maximum Gasteiger partial charge on any atom is 0.252 e. The predicted octanol–water partition coefficient (Wildman–Crippen LogP) is 1.96. The van der Waals surface area contributed by atoms with Crippen molar-refractivity contribution in [3.05, 3.63) is 6.20 Å². The second kappa shape index (κ2) is 7.02. The second-order valence-electron chi connectivity index (χ2n) is 5.45. The van der Waals surface area contributed by atoms with Gasteiger partial charge in [-0.25, -0.2) is 18.1 Å². The van der Waals surface area contributed by atoms with E-state index >= 15 is 0 Å². The molecule has 0 unspecified atom stereocenters. The van der Waals surface area contributed by atoms with Crippen LogP contribution >= 0.6 is 11.3 Å². The average molecular weight is 329 g/mol. The lowest BCUT2D eigenvalue weighted by atomic mass is 10.1. The first kappa shape index (κ1) is 17.6. The Bertz CT molecular complexity index is 636. The maximum atomic E-state index is 12.1. The Morgan fingerprint density at radius 3 is 2.71 bits per heavy atom. The van der Waals surface area contributed by atoms with Crippen molar-refractivity contribution >= 4 is 32.4 Å². The highest BCUT2D eigenvalue weighted by Crippen LogP contribution is 2.24. The van der Waals surface area contributed by atoms with Crippen molar-refractivity contribution in [2.75, 3.05) is 5.32 Å². The molecule has 1 aromatic heterocycles. The number of nitrogens with zero attached hydrogens (tertiary/aromatic N) is 1. The molecule has 1 heterocycles. The molecule has 6 nitrogen and oxygen atoms in total. The molecule has 0 aliphatic rings. The quantitative estimate of drug-likeness (QED) is 0.617. The minimum Gasteiger partial charge on any atom is -0.302 e. The summed E-state index contributed by atoms with van der Waals surface area (Å²) in [5.41, 5.74) is -0.582. The Morgan fingerprint density at radius 1 is 1.48 bits per heavy atom. The van der Waals surface area contributed by atoms with Gasteiger partial charge < -0.3 is 5.32 Å². The summed E-state index contributed by atoms with van der Waals surface area (Å²) in [6.07, 6.45) is 7.73. The van der Waals surface area contributed by atoms with E-state index < -0.39 is 15.6 Å². The molecular formula is C13H19N3O3S2. The van der Waals surface area contributed by atoms with E-state index in [1.165, 1.54) is 6.20 Å². The number of anilines is 1. The van der Waals surface area contributed by atoms with Gasteiger partial charge in [0.15, 0.2) is 9.34 Å². The van der Waals surface area contributed by atoms with Gasteiger partial charge in [0.05, 0.1) is 6.20 Å². The number of thiazole rings is 1. The number of carbonyl (C=O) groups excluding carboxylic acids is 1. The van der Waals surface area contributed by atoms with Crippen molar-refractivity contribution in [3.8, 4) is 12.3 Å². The van der Waals surface area contributed by atoms with Crippen LogP contribution < -0.4 is 10.0 Å². The van der Waals surface area contributed by atoms with E-state index in [4.69, 9.17) is 6.42 Å². The number of amides is 1. The zero-order valence-electron chi connectivity index (χ0n) is 12.3. The van der Waals surface area contributed by atoms with Crippen LogP contribution in [0.2, 0.25) is 0 Å². The minimum absolute atomic E-state index is 0.0661. The molecule has 0 saturated carbocycles. The van der Waals surface area contributed by atoms with E-state index in [2.05, 4.69) is 20.9 Å². The average Bonchev–Trinajstić information content (AvgIpc) is 2.75. The number of rotatable bonds is 6. The van der Waals surface area contributed by atoms with Crippen molar-refractivity contribution in [3.63, 3.8) is 0 Å². The van der Waals surface area contributed by atoms with Crippen LogP contribution in [0.1, 0.15) is 40.0 Å². The predicted molar refractivity (Wildman–Crippen MR) is 83.5 cm³/mol. The van der Waals surface area contributed by atoms with Gasteiger partial charge in [0, 0.05) is 18.4 Å². The van der Waals surface area contributed by atoms with Crippen LogP contribution in [0.4, 0.5) is 5.13 Å². The van der Waals surface area contributed by atoms with Crippen molar-refractivity contribution in [1.29, 1.82) is 0 Å². The number of carbonyl (C=O) groups is 1. The fourth-order valence-corrected chi connectivity index (χ4v) is 3.89. The fraction of sp³-hybridized carbons (Fsp3) is 0.538. The van der Waals surface area contributed by atoms with E-state index in [1.807, 2.05) is 0 Å². The molecule has 1 aromatic rings. The van der Waals surface area contributed by atoms with E-state index in [-0.39, 0.29) is 21.7 Å². The lowest BCUT2D eigenvalue weighted by Gasteiger charge is -2.19. The van der Waals surface area contributed by atoms with Crippen LogP contribution in [0.15, 0.2) is 10.4 Å². The molecule has 1 amide bonds. The lowest BCUT2D eigenvalue weighted by molar-refractivity contribution is -0.116. The molecule has 0 saturated heterocycles. The smallest absolute Gasteiger partial charge is 0.252 e. The van der Waals surface area contributed by atoms with E-state index in [0.717, 1.165) is 11.3 Å².